The van der Waals surface area contributed by atoms with E-state index in [2.05, 4.69) is 0 Å². The van der Waals surface area contributed by atoms with Gasteiger partial charge in [0, 0.05) is 18.3 Å². The number of ether oxygens (including phenoxy) is 1. The van der Waals surface area contributed by atoms with Crippen molar-refractivity contribution < 1.29 is 4.74 Å². The Balaban J connectivity index is 2.44. The van der Waals surface area contributed by atoms with Crippen molar-refractivity contribution in [2.24, 2.45) is 11.1 Å². The van der Waals surface area contributed by atoms with Gasteiger partial charge in [-0.1, -0.05) is 0 Å². The van der Waals surface area contributed by atoms with Gasteiger partial charge in [-0.2, -0.15) is 11.8 Å². The fourth-order valence-corrected chi connectivity index (χ4v) is 3.20. The Morgan fingerprint density at radius 2 is 2.42 bits per heavy atom. The van der Waals surface area contributed by atoms with Crippen molar-refractivity contribution >= 4 is 11.8 Å². The standard InChI is InChI=1S/C9H19NOS/c1-11-7-9(4-5-10)3-2-6-12-8-9/h2-8,10H2,1H3. The predicted molar refractivity (Wildman–Crippen MR) is 54.5 cm³/mol. The van der Waals surface area contributed by atoms with Crippen LogP contribution >= 0.6 is 11.8 Å². The average Bonchev–Trinajstić information content (AvgIpc) is 2.07. The van der Waals surface area contributed by atoms with E-state index in [0.29, 0.717) is 5.41 Å². The van der Waals surface area contributed by atoms with E-state index in [9.17, 15) is 0 Å². The third-order valence-corrected chi connectivity index (χ3v) is 3.92. The molecule has 1 rings (SSSR count). The van der Waals surface area contributed by atoms with Crippen LogP contribution in [-0.4, -0.2) is 31.8 Å². The second kappa shape index (κ2) is 5.10. The molecular formula is C9H19NOS. The zero-order valence-electron chi connectivity index (χ0n) is 7.84. The smallest absolute Gasteiger partial charge is 0.0527 e. The van der Waals surface area contributed by atoms with Gasteiger partial charge in [-0.15, -0.1) is 0 Å². The van der Waals surface area contributed by atoms with E-state index in [1.165, 1.54) is 24.3 Å². The molecule has 1 heterocycles. The largest absolute Gasteiger partial charge is 0.384 e. The van der Waals surface area contributed by atoms with Crippen LogP contribution in [0.5, 0.6) is 0 Å². The van der Waals surface area contributed by atoms with Crippen molar-refractivity contribution in [3.05, 3.63) is 0 Å². The Labute approximate surface area is 79.2 Å². The summed E-state index contributed by atoms with van der Waals surface area (Å²) in [7, 11) is 1.79. The Morgan fingerprint density at radius 3 is 2.92 bits per heavy atom. The summed E-state index contributed by atoms with van der Waals surface area (Å²) in [5.74, 6) is 2.55. The van der Waals surface area contributed by atoms with Gasteiger partial charge in [0.05, 0.1) is 6.61 Å². The van der Waals surface area contributed by atoms with Crippen LogP contribution in [0.2, 0.25) is 0 Å². The van der Waals surface area contributed by atoms with E-state index >= 15 is 0 Å². The maximum atomic E-state index is 5.61. The van der Waals surface area contributed by atoms with Crippen molar-refractivity contribution in [1.82, 2.24) is 0 Å². The molecule has 1 unspecified atom stereocenters. The van der Waals surface area contributed by atoms with Crippen LogP contribution in [0.15, 0.2) is 0 Å². The molecule has 2 nitrogen and oxygen atoms in total. The summed E-state index contributed by atoms with van der Waals surface area (Å²) in [6.45, 7) is 1.68. The molecule has 2 N–H and O–H groups in total. The fourth-order valence-electron chi connectivity index (χ4n) is 1.91. The Kier molecular flexibility index (Phi) is 4.40. The van der Waals surface area contributed by atoms with Gasteiger partial charge in [0.15, 0.2) is 0 Å². The Morgan fingerprint density at radius 1 is 1.58 bits per heavy atom. The molecule has 1 fully saturated rings. The molecule has 72 valence electrons. The minimum absolute atomic E-state index is 0.395. The van der Waals surface area contributed by atoms with Gasteiger partial charge >= 0.3 is 0 Å². The van der Waals surface area contributed by atoms with Gasteiger partial charge in [-0.05, 0) is 31.6 Å². The molecule has 0 aliphatic carbocycles. The van der Waals surface area contributed by atoms with E-state index in [0.717, 1.165) is 19.6 Å². The topological polar surface area (TPSA) is 35.2 Å². The monoisotopic (exact) mass is 189 g/mol. The van der Waals surface area contributed by atoms with E-state index in [1.807, 2.05) is 11.8 Å². The lowest BCUT2D eigenvalue weighted by Gasteiger charge is -2.35. The van der Waals surface area contributed by atoms with Gasteiger partial charge in [-0.25, -0.2) is 0 Å². The van der Waals surface area contributed by atoms with Crippen LogP contribution in [0, 0.1) is 5.41 Å². The summed E-state index contributed by atoms with van der Waals surface area (Å²) < 4.78 is 5.27. The maximum Gasteiger partial charge on any atom is 0.0527 e. The fraction of sp³-hybridized carbons (Fsp3) is 1.00. The van der Waals surface area contributed by atoms with Crippen LogP contribution in [0.4, 0.5) is 0 Å². The second-order valence-corrected chi connectivity index (χ2v) is 4.73. The Hall–Kier alpha value is 0.270. The first-order valence-corrected chi connectivity index (χ1v) is 5.75. The third kappa shape index (κ3) is 2.64. The molecule has 0 amide bonds. The first-order chi connectivity index (χ1) is 5.83. The molecule has 3 heteroatoms. The van der Waals surface area contributed by atoms with E-state index in [-0.39, 0.29) is 0 Å². The number of nitrogens with two attached hydrogens (primary N) is 1. The molecule has 0 aromatic rings. The van der Waals surface area contributed by atoms with E-state index in [4.69, 9.17) is 10.5 Å². The van der Waals surface area contributed by atoms with Crippen molar-refractivity contribution in [2.45, 2.75) is 19.3 Å². The molecule has 1 aliphatic rings. The summed E-state index contributed by atoms with van der Waals surface area (Å²) in [5, 5.41) is 0. The number of hydrogen-bond acceptors (Lipinski definition) is 3. The van der Waals surface area contributed by atoms with Gasteiger partial charge in [-0.3, -0.25) is 0 Å². The van der Waals surface area contributed by atoms with Crippen molar-refractivity contribution in [3.63, 3.8) is 0 Å². The van der Waals surface area contributed by atoms with Crippen LogP contribution in [0.1, 0.15) is 19.3 Å². The van der Waals surface area contributed by atoms with Gasteiger partial charge in [0.25, 0.3) is 0 Å². The van der Waals surface area contributed by atoms with Crippen molar-refractivity contribution in [2.75, 3.05) is 31.8 Å². The molecule has 0 aromatic heterocycles. The van der Waals surface area contributed by atoms with E-state index in [1.54, 1.807) is 7.11 Å². The summed E-state index contributed by atoms with van der Waals surface area (Å²) in [4.78, 5) is 0. The molecular weight excluding hydrogens is 170 g/mol. The summed E-state index contributed by atoms with van der Waals surface area (Å²) in [6, 6.07) is 0. The van der Waals surface area contributed by atoms with Crippen LogP contribution in [0.3, 0.4) is 0 Å². The third-order valence-electron chi connectivity index (χ3n) is 2.53. The highest BCUT2D eigenvalue weighted by molar-refractivity contribution is 7.99. The van der Waals surface area contributed by atoms with Crippen molar-refractivity contribution in [1.29, 1.82) is 0 Å². The highest BCUT2D eigenvalue weighted by Crippen LogP contribution is 2.37. The molecule has 0 radical (unpaired) electrons. The number of rotatable bonds is 4. The molecule has 1 aliphatic heterocycles. The quantitative estimate of drug-likeness (QED) is 0.728. The average molecular weight is 189 g/mol. The molecule has 0 saturated carbocycles. The minimum atomic E-state index is 0.395. The van der Waals surface area contributed by atoms with Crippen LogP contribution < -0.4 is 5.73 Å². The zero-order valence-corrected chi connectivity index (χ0v) is 8.66. The maximum absolute atomic E-state index is 5.61. The summed E-state index contributed by atoms with van der Waals surface area (Å²) in [5.41, 5.74) is 6.01. The number of thioether (sulfide) groups is 1. The van der Waals surface area contributed by atoms with Gasteiger partial charge in [0.2, 0.25) is 0 Å². The lowest BCUT2D eigenvalue weighted by molar-refractivity contribution is 0.0814. The highest BCUT2D eigenvalue weighted by atomic mass is 32.2. The van der Waals surface area contributed by atoms with Crippen molar-refractivity contribution in [3.8, 4) is 0 Å². The summed E-state index contributed by atoms with van der Waals surface area (Å²) in [6.07, 6.45) is 3.74. The molecule has 12 heavy (non-hydrogen) atoms. The Bertz CT molecular complexity index is 108. The normalized spacial score (nSPS) is 30.5. The number of methoxy groups -OCH3 is 1. The lowest BCUT2D eigenvalue weighted by Crippen LogP contribution is -2.34. The van der Waals surface area contributed by atoms with Gasteiger partial charge in [0.1, 0.15) is 0 Å². The number of hydrogen-bond donors (Lipinski definition) is 1. The molecule has 1 atom stereocenters. The zero-order chi connectivity index (χ0) is 8.86. The predicted octanol–water partition coefficient (Wildman–Crippen LogP) is 1.50. The van der Waals surface area contributed by atoms with Crippen LogP contribution in [-0.2, 0) is 4.74 Å². The second-order valence-electron chi connectivity index (χ2n) is 3.63. The van der Waals surface area contributed by atoms with E-state index < -0.39 is 0 Å². The SMILES string of the molecule is COCC1(CCN)CCCSC1. The molecule has 0 bridgehead atoms. The first-order valence-electron chi connectivity index (χ1n) is 4.60. The van der Waals surface area contributed by atoms with Crippen LogP contribution in [0.25, 0.3) is 0 Å². The highest BCUT2D eigenvalue weighted by Gasteiger charge is 2.31. The minimum Gasteiger partial charge on any atom is -0.384 e. The van der Waals surface area contributed by atoms with Gasteiger partial charge < -0.3 is 10.5 Å². The summed E-state index contributed by atoms with van der Waals surface area (Å²) >= 11 is 2.05. The molecule has 1 saturated heterocycles. The molecule has 0 aromatic carbocycles. The molecule has 0 spiro atoms. The lowest BCUT2D eigenvalue weighted by atomic mass is 9.82. The first kappa shape index (κ1) is 10.4.